The molecule has 0 aliphatic carbocycles. The zero-order chi connectivity index (χ0) is 23.1. The normalized spacial score (nSPS) is 14.4. The van der Waals surface area contributed by atoms with E-state index in [4.69, 9.17) is 14.2 Å². The van der Waals surface area contributed by atoms with Gasteiger partial charge in [0.15, 0.2) is 11.5 Å². The number of nitrogens with zero attached hydrogens (tertiary/aromatic N) is 3. The maximum Gasteiger partial charge on any atom is 0.269 e. The third-order valence-electron chi connectivity index (χ3n) is 5.32. The maximum atomic E-state index is 12.6. The van der Waals surface area contributed by atoms with Crippen LogP contribution in [0.3, 0.4) is 0 Å². The first kappa shape index (κ1) is 23.1. The zero-order valence-corrected chi connectivity index (χ0v) is 18.4. The number of carbonyl (C=O) groups excluding carboxylic acids is 1. The SMILES string of the molecule is COc1cc(/C=C/C(=O)N2CCN(Cc3cccc([N+](=O)[O-])c3)CC2)cc(OC)c1OC. The van der Waals surface area contributed by atoms with Crippen LogP contribution >= 0.6 is 0 Å². The number of benzene rings is 2. The van der Waals surface area contributed by atoms with Crippen molar-refractivity contribution >= 4 is 17.7 Å². The Kier molecular flexibility index (Phi) is 7.67. The molecule has 1 aliphatic heterocycles. The lowest BCUT2D eigenvalue weighted by Gasteiger charge is -2.34. The molecule has 0 saturated carbocycles. The zero-order valence-electron chi connectivity index (χ0n) is 18.4. The number of non-ortho nitro benzene ring substituents is 1. The second kappa shape index (κ2) is 10.6. The highest BCUT2D eigenvalue weighted by Gasteiger charge is 2.20. The minimum Gasteiger partial charge on any atom is -0.493 e. The largest absolute Gasteiger partial charge is 0.493 e. The summed E-state index contributed by atoms with van der Waals surface area (Å²) in [4.78, 5) is 27.2. The average molecular weight is 441 g/mol. The lowest BCUT2D eigenvalue weighted by Crippen LogP contribution is -2.47. The van der Waals surface area contributed by atoms with Crippen molar-refractivity contribution in [2.75, 3.05) is 47.5 Å². The van der Waals surface area contributed by atoms with Crippen molar-refractivity contribution in [3.8, 4) is 17.2 Å². The first-order valence-electron chi connectivity index (χ1n) is 10.2. The minimum absolute atomic E-state index is 0.0752. The predicted octanol–water partition coefficient (Wildman–Crippen LogP) is 2.98. The fraction of sp³-hybridized carbons (Fsp3) is 0.348. The van der Waals surface area contributed by atoms with E-state index in [-0.39, 0.29) is 16.5 Å². The molecule has 2 aromatic carbocycles. The van der Waals surface area contributed by atoms with Gasteiger partial charge in [-0.2, -0.15) is 0 Å². The summed E-state index contributed by atoms with van der Waals surface area (Å²) in [7, 11) is 4.63. The second-order valence-electron chi connectivity index (χ2n) is 7.32. The van der Waals surface area contributed by atoms with E-state index in [2.05, 4.69) is 4.90 Å². The molecular weight excluding hydrogens is 414 g/mol. The van der Waals surface area contributed by atoms with Crippen molar-refractivity contribution in [2.45, 2.75) is 6.54 Å². The number of hydrogen-bond donors (Lipinski definition) is 0. The van der Waals surface area contributed by atoms with Gasteiger partial charge < -0.3 is 19.1 Å². The lowest BCUT2D eigenvalue weighted by molar-refractivity contribution is -0.384. The van der Waals surface area contributed by atoms with Gasteiger partial charge in [-0.1, -0.05) is 12.1 Å². The van der Waals surface area contributed by atoms with Crippen LogP contribution in [0.25, 0.3) is 6.08 Å². The van der Waals surface area contributed by atoms with Crippen LogP contribution in [0.5, 0.6) is 17.2 Å². The summed E-state index contributed by atoms with van der Waals surface area (Å²) in [6.45, 7) is 3.20. The smallest absolute Gasteiger partial charge is 0.269 e. The maximum absolute atomic E-state index is 12.6. The van der Waals surface area contributed by atoms with E-state index < -0.39 is 0 Å². The van der Waals surface area contributed by atoms with Gasteiger partial charge in [-0.15, -0.1) is 0 Å². The summed E-state index contributed by atoms with van der Waals surface area (Å²) in [5.41, 5.74) is 1.74. The first-order chi connectivity index (χ1) is 15.4. The quantitative estimate of drug-likeness (QED) is 0.353. The summed E-state index contributed by atoms with van der Waals surface area (Å²) in [6, 6.07) is 10.2. The molecule has 9 heteroatoms. The van der Waals surface area contributed by atoms with E-state index >= 15 is 0 Å². The number of piperazine rings is 1. The van der Waals surface area contributed by atoms with Crippen molar-refractivity contribution in [2.24, 2.45) is 0 Å². The number of nitro benzene ring substituents is 1. The van der Waals surface area contributed by atoms with E-state index in [1.165, 1.54) is 19.3 Å². The number of amides is 1. The summed E-state index contributed by atoms with van der Waals surface area (Å²) in [5.74, 6) is 1.47. The minimum atomic E-state index is -0.388. The Balaban J connectivity index is 1.58. The molecule has 32 heavy (non-hydrogen) atoms. The van der Waals surface area contributed by atoms with Crippen LogP contribution in [0.1, 0.15) is 11.1 Å². The topological polar surface area (TPSA) is 94.4 Å². The highest BCUT2D eigenvalue weighted by molar-refractivity contribution is 5.92. The second-order valence-corrected chi connectivity index (χ2v) is 7.32. The highest BCUT2D eigenvalue weighted by atomic mass is 16.6. The van der Waals surface area contributed by atoms with Crippen LogP contribution in [0.15, 0.2) is 42.5 Å². The van der Waals surface area contributed by atoms with Crippen molar-refractivity contribution in [1.82, 2.24) is 9.80 Å². The molecule has 1 aliphatic rings. The number of nitro groups is 1. The van der Waals surface area contributed by atoms with Crippen molar-refractivity contribution in [3.63, 3.8) is 0 Å². The van der Waals surface area contributed by atoms with E-state index in [1.807, 2.05) is 6.07 Å². The molecule has 0 aromatic heterocycles. The number of rotatable bonds is 8. The molecule has 0 bridgehead atoms. The number of methoxy groups -OCH3 is 3. The van der Waals surface area contributed by atoms with Gasteiger partial charge in [-0.3, -0.25) is 19.8 Å². The van der Waals surface area contributed by atoms with Gasteiger partial charge in [0.1, 0.15) is 0 Å². The molecule has 0 atom stereocenters. The molecule has 2 aromatic rings. The predicted molar refractivity (Wildman–Crippen MR) is 120 cm³/mol. The summed E-state index contributed by atoms with van der Waals surface area (Å²) in [6.07, 6.45) is 3.26. The molecule has 0 unspecified atom stereocenters. The lowest BCUT2D eigenvalue weighted by atomic mass is 10.1. The standard InChI is InChI=1S/C23H27N3O6/c1-30-20-14-17(15-21(31-2)23(20)32-3)7-8-22(27)25-11-9-24(10-12-25)16-18-5-4-6-19(13-18)26(28)29/h4-8,13-15H,9-12,16H2,1-3H3/b8-7+. The van der Waals surface area contributed by atoms with Crippen LogP contribution in [-0.4, -0.2) is 68.1 Å². The van der Waals surface area contributed by atoms with Gasteiger partial charge in [0.25, 0.3) is 5.69 Å². The van der Waals surface area contributed by atoms with Gasteiger partial charge in [-0.05, 0) is 29.3 Å². The number of carbonyl (C=O) groups is 1. The molecule has 1 heterocycles. The molecule has 9 nitrogen and oxygen atoms in total. The Hall–Kier alpha value is -3.59. The van der Waals surface area contributed by atoms with Crippen molar-refractivity contribution in [3.05, 3.63) is 63.7 Å². The molecule has 1 fully saturated rings. The molecular formula is C23H27N3O6. The van der Waals surface area contributed by atoms with Gasteiger partial charge in [-0.25, -0.2) is 0 Å². The van der Waals surface area contributed by atoms with Gasteiger partial charge >= 0.3 is 0 Å². The van der Waals surface area contributed by atoms with Crippen LogP contribution in [0, 0.1) is 10.1 Å². The molecule has 1 saturated heterocycles. The van der Waals surface area contributed by atoms with Gasteiger partial charge in [0, 0.05) is 50.9 Å². The molecule has 170 valence electrons. The van der Waals surface area contributed by atoms with Crippen LogP contribution in [0.2, 0.25) is 0 Å². The number of ether oxygens (including phenoxy) is 3. The highest BCUT2D eigenvalue weighted by Crippen LogP contribution is 2.38. The third kappa shape index (κ3) is 5.55. The van der Waals surface area contributed by atoms with Crippen molar-refractivity contribution in [1.29, 1.82) is 0 Å². The van der Waals surface area contributed by atoms with E-state index in [0.29, 0.717) is 50.0 Å². The molecule has 0 radical (unpaired) electrons. The summed E-state index contributed by atoms with van der Waals surface area (Å²) < 4.78 is 16.0. The Morgan fingerprint density at radius 2 is 1.69 bits per heavy atom. The van der Waals surface area contributed by atoms with Gasteiger partial charge in [0.2, 0.25) is 11.7 Å². The monoisotopic (exact) mass is 441 g/mol. The Morgan fingerprint density at radius 1 is 1.03 bits per heavy atom. The van der Waals surface area contributed by atoms with Crippen LogP contribution in [0.4, 0.5) is 5.69 Å². The van der Waals surface area contributed by atoms with Gasteiger partial charge in [0.05, 0.1) is 26.3 Å². The molecule has 0 N–H and O–H groups in total. The molecule has 3 rings (SSSR count). The molecule has 1 amide bonds. The van der Waals surface area contributed by atoms with E-state index in [9.17, 15) is 14.9 Å². The molecule has 0 spiro atoms. The van der Waals surface area contributed by atoms with Crippen molar-refractivity contribution < 1.29 is 23.9 Å². The van der Waals surface area contributed by atoms with Crippen LogP contribution < -0.4 is 14.2 Å². The van der Waals surface area contributed by atoms with E-state index in [1.54, 1.807) is 49.5 Å². The fourth-order valence-electron chi connectivity index (χ4n) is 3.62. The summed E-state index contributed by atoms with van der Waals surface area (Å²) in [5, 5.41) is 11.0. The first-order valence-corrected chi connectivity index (χ1v) is 10.2. The Bertz CT molecular complexity index is 974. The Labute approximate surface area is 186 Å². The Morgan fingerprint density at radius 3 is 2.25 bits per heavy atom. The van der Waals surface area contributed by atoms with E-state index in [0.717, 1.165) is 11.1 Å². The number of hydrogen-bond acceptors (Lipinski definition) is 7. The van der Waals surface area contributed by atoms with Crippen LogP contribution in [-0.2, 0) is 11.3 Å². The average Bonchev–Trinajstić information content (AvgIpc) is 2.82. The summed E-state index contributed by atoms with van der Waals surface area (Å²) >= 11 is 0. The fourth-order valence-corrected chi connectivity index (χ4v) is 3.62. The third-order valence-corrected chi connectivity index (χ3v) is 5.32.